The maximum absolute atomic E-state index is 12.9. The van der Waals surface area contributed by atoms with Crippen LogP contribution in [-0.4, -0.2) is 41.1 Å². The van der Waals surface area contributed by atoms with Gasteiger partial charge < -0.3 is 20.8 Å². The van der Waals surface area contributed by atoms with Crippen molar-refractivity contribution >= 4 is 29.2 Å². The Hall–Kier alpha value is -2.78. The number of hydrogen-bond donors (Lipinski definition) is 4. The number of aliphatic carboxylic acids is 2. The zero-order valence-corrected chi connectivity index (χ0v) is 13.9. The number of carboxylic acid groups (broad SMARTS) is 2. The van der Waals surface area contributed by atoms with Crippen molar-refractivity contribution in [2.24, 2.45) is 0 Å². The maximum atomic E-state index is 12.9. The Morgan fingerprint density at radius 1 is 1.04 bits per heavy atom. The van der Waals surface area contributed by atoms with Crippen LogP contribution in [0.2, 0.25) is 0 Å². The highest BCUT2D eigenvalue weighted by Crippen LogP contribution is 2.07. The van der Waals surface area contributed by atoms with Gasteiger partial charge in [0, 0.05) is 19.6 Å². The van der Waals surface area contributed by atoms with Gasteiger partial charge in [-0.15, -0.1) is 11.3 Å². The average Bonchev–Trinajstić information content (AvgIpc) is 3.09. The van der Waals surface area contributed by atoms with Crippen LogP contribution >= 0.6 is 11.3 Å². The Morgan fingerprint density at radius 3 is 2.32 bits per heavy atom. The van der Waals surface area contributed by atoms with E-state index in [0.29, 0.717) is 24.5 Å². The summed E-state index contributed by atoms with van der Waals surface area (Å²) in [7, 11) is 0. The van der Waals surface area contributed by atoms with Crippen LogP contribution in [0.25, 0.3) is 0 Å². The molecule has 4 N–H and O–H groups in total. The van der Waals surface area contributed by atoms with Crippen LogP contribution in [-0.2, 0) is 16.1 Å². The van der Waals surface area contributed by atoms with Crippen molar-refractivity contribution in [3.63, 3.8) is 0 Å². The summed E-state index contributed by atoms with van der Waals surface area (Å²) >= 11 is 1.42. The molecule has 0 aliphatic heterocycles. The lowest BCUT2D eigenvalue weighted by Crippen LogP contribution is -2.31. The second-order valence-corrected chi connectivity index (χ2v) is 5.60. The molecule has 2 rings (SSSR count). The number of carbonyl (C=O) groups excluding carboxylic acids is 1. The molecule has 1 aromatic carbocycles. The molecule has 0 unspecified atom stereocenters. The topological polar surface area (TPSA) is 116 Å². The minimum atomic E-state index is -1.82. The number of nitrogens with one attached hydrogen (secondary N) is 2. The number of hydrogen-bond acceptors (Lipinski definition) is 5. The van der Waals surface area contributed by atoms with Crippen molar-refractivity contribution in [3.05, 3.63) is 58.0 Å². The molecular weight excluding hydrogens is 351 g/mol. The van der Waals surface area contributed by atoms with E-state index in [1.165, 1.54) is 23.5 Å². The van der Waals surface area contributed by atoms with E-state index >= 15 is 0 Å². The third kappa shape index (κ3) is 8.58. The minimum Gasteiger partial charge on any atom is -0.473 e. The van der Waals surface area contributed by atoms with Crippen molar-refractivity contribution in [2.45, 2.75) is 6.54 Å². The average molecular weight is 368 g/mol. The first kappa shape index (κ1) is 20.3. The maximum Gasteiger partial charge on any atom is 0.414 e. The fraction of sp³-hybridized carbons (Fsp3) is 0.188. The monoisotopic (exact) mass is 368 g/mol. The molecule has 0 radical (unpaired) electrons. The van der Waals surface area contributed by atoms with Crippen LogP contribution in [0.4, 0.5) is 4.39 Å². The van der Waals surface area contributed by atoms with E-state index in [4.69, 9.17) is 19.8 Å². The zero-order chi connectivity index (χ0) is 18.7. The van der Waals surface area contributed by atoms with Crippen LogP contribution in [0.1, 0.15) is 15.2 Å². The van der Waals surface area contributed by atoms with E-state index in [1.807, 2.05) is 17.5 Å². The van der Waals surface area contributed by atoms with E-state index in [2.05, 4.69) is 10.6 Å². The Morgan fingerprint density at radius 2 is 1.76 bits per heavy atom. The Bertz CT molecular complexity index is 694. The summed E-state index contributed by atoms with van der Waals surface area (Å²) in [4.78, 5) is 30.5. The summed E-state index contributed by atoms with van der Waals surface area (Å²) in [6.07, 6.45) is 0. The second-order valence-electron chi connectivity index (χ2n) is 4.65. The molecule has 0 saturated heterocycles. The number of thiophene rings is 1. The highest BCUT2D eigenvalue weighted by Gasteiger charge is 2.04. The van der Waals surface area contributed by atoms with Gasteiger partial charge in [0.05, 0.1) is 4.88 Å². The predicted octanol–water partition coefficient (Wildman–Crippen LogP) is 1.56. The van der Waals surface area contributed by atoms with Crippen molar-refractivity contribution in [3.8, 4) is 0 Å². The molecule has 134 valence electrons. The minimum absolute atomic E-state index is 0.0532. The molecule has 1 heterocycles. The first-order valence-electron chi connectivity index (χ1n) is 7.13. The van der Waals surface area contributed by atoms with Crippen LogP contribution in [0.5, 0.6) is 0 Å². The van der Waals surface area contributed by atoms with Gasteiger partial charge in [0.15, 0.2) is 0 Å². The molecule has 2 aromatic rings. The fourth-order valence-electron chi connectivity index (χ4n) is 1.64. The first-order chi connectivity index (χ1) is 11.9. The van der Waals surface area contributed by atoms with Gasteiger partial charge in [0.1, 0.15) is 5.82 Å². The highest BCUT2D eigenvalue weighted by atomic mass is 32.1. The Labute approximate surface area is 147 Å². The van der Waals surface area contributed by atoms with E-state index in [-0.39, 0.29) is 11.7 Å². The number of halogens is 1. The molecule has 7 nitrogen and oxygen atoms in total. The molecule has 0 saturated carbocycles. The third-order valence-corrected chi connectivity index (χ3v) is 3.60. The number of carbonyl (C=O) groups is 3. The summed E-state index contributed by atoms with van der Waals surface area (Å²) in [6.45, 7) is 1.78. The summed E-state index contributed by atoms with van der Waals surface area (Å²) in [5.74, 6) is -3.93. The van der Waals surface area contributed by atoms with Crippen LogP contribution in [0, 0.1) is 5.82 Å². The molecule has 1 aromatic heterocycles. The fourth-order valence-corrected chi connectivity index (χ4v) is 2.28. The van der Waals surface area contributed by atoms with Crippen LogP contribution in [0.3, 0.4) is 0 Å². The largest absolute Gasteiger partial charge is 0.473 e. The zero-order valence-electron chi connectivity index (χ0n) is 13.1. The smallest absolute Gasteiger partial charge is 0.414 e. The van der Waals surface area contributed by atoms with Gasteiger partial charge in [0.25, 0.3) is 5.91 Å². The normalized spacial score (nSPS) is 9.64. The second kappa shape index (κ2) is 10.9. The van der Waals surface area contributed by atoms with Crippen molar-refractivity contribution in [1.29, 1.82) is 0 Å². The molecule has 25 heavy (non-hydrogen) atoms. The number of benzene rings is 1. The van der Waals surface area contributed by atoms with Gasteiger partial charge in [-0.3, -0.25) is 4.79 Å². The Kier molecular flexibility index (Phi) is 8.83. The summed E-state index contributed by atoms with van der Waals surface area (Å²) in [6, 6.07) is 10.1. The van der Waals surface area contributed by atoms with E-state index < -0.39 is 11.9 Å². The van der Waals surface area contributed by atoms with Gasteiger partial charge in [-0.2, -0.15) is 0 Å². The van der Waals surface area contributed by atoms with Crippen LogP contribution < -0.4 is 10.6 Å². The van der Waals surface area contributed by atoms with Crippen LogP contribution in [0.15, 0.2) is 41.8 Å². The molecule has 0 atom stereocenters. The molecule has 0 fully saturated rings. The van der Waals surface area contributed by atoms with Crippen molar-refractivity contribution in [2.75, 3.05) is 13.1 Å². The Balaban J connectivity index is 0.000000450. The molecule has 0 aliphatic carbocycles. The standard InChI is InChI=1S/C14H15FN2OS.C2H2O4/c15-12-4-1-3-11(9-12)10-16-6-7-17-14(18)13-5-2-8-19-13;3-1(4)2(5)6/h1-5,8-9,16H,6-7,10H2,(H,17,18);(H,3,4)(H,5,6). The molecule has 0 spiro atoms. The lowest BCUT2D eigenvalue weighted by Gasteiger charge is -2.06. The number of rotatable bonds is 6. The van der Waals surface area contributed by atoms with E-state index in [9.17, 15) is 9.18 Å². The molecule has 1 amide bonds. The lowest BCUT2D eigenvalue weighted by molar-refractivity contribution is -0.159. The molecule has 9 heteroatoms. The van der Waals surface area contributed by atoms with Crippen molar-refractivity contribution in [1.82, 2.24) is 10.6 Å². The summed E-state index contributed by atoms with van der Waals surface area (Å²) in [5, 5.41) is 22.6. The van der Waals surface area contributed by atoms with Gasteiger partial charge in [-0.25, -0.2) is 14.0 Å². The molecule has 0 aliphatic rings. The summed E-state index contributed by atoms with van der Waals surface area (Å²) in [5.41, 5.74) is 0.893. The van der Waals surface area contributed by atoms with Gasteiger partial charge in [-0.1, -0.05) is 18.2 Å². The van der Waals surface area contributed by atoms with Gasteiger partial charge >= 0.3 is 11.9 Å². The molecule has 0 bridgehead atoms. The number of carboxylic acids is 2. The lowest BCUT2D eigenvalue weighted by atomic mass is 10.2. The van der Waals surface area contributed by atoms with Gasteiger partial charge in [0.2, 0.25) is 0 Å². The quantitative estimate of drug-likeness (QED) is 0.454. The van der Waals surface area contributed by atoms with Gasteiger partial charge in [-0.05, 0) is 29.1 Å². The van der Waals surface area contributed by atoms with Crippen molar-refractivity contribution < 1.29 is 29.0 Å². The third-order valence-electron chi connectivity index (χ3n) is 2.73. The first-order valence-corrected chi connectivity index (χ1v) is 8.01. The summed E-state index contributed by atoms with van der Waals surface area (Å²) < 4.78 is 12.9. The molecular formula is C16H17FN2O5S. The SMILES string of the molecule is O=C(NCCNCc1cccc(F)c1)c1cccs1.O=C(O)C(=O)O. The number of amides is 1. The van der Waals surface area contributed by atoms with E-state index in [1.54, 1.807) is 12.1 Å². The highest BCUT2D eigenvalue weighted by molar-refractivity contribution is 7.12. The van der Waals surface area contributed by atoms with E-state index in [0.717, 1.165) is 5.56 Å². The predicted molar refractivity (Wildman–Crippen MR) is 90.0 cm³/mol.